The predicted molar refractivity (Wildman–Crippen MR) is 67.0 cm³/mol. The van der Waals surface area contributed by atoms with Gasteiger partial charge in [-0.2, -0.15) is 0 Å². The van der Waals surface area contributed by atoms with E-state index in [1.54, 1.807) is 12.3 Å². The minimum atomic E-state index is 0.00465. The Kier molecular flexibility index (Phi) is 3.68. The van der Waals surface area contributed by atoms with E-state index in [1.165, 1.54) is 6.92 Å². The third-order valence-corrected chi connectivity index (χ3v) is 2.26. The number of hydrogen-bond acceptors (Lipinski definition) is 3. The van der Waals surface area contributed by atoms with Crippen LogP contribution in [0.4, 0.5) is 5.69 Å². The van der Waals surface area contributed by atoms with Gasteiger partial charge in [0.15, 0.2) is 5.78 Å². The van der Waals surface area contributed by atoms with Gasteiger partial charge in [-0.3, -0.25) is 9.78 Å². The highest BCUT2D eigenvalue weighted by molar-refractivity contribution is 5.92. The minimum Gasteiger partial charge on any atom is -0.373 e. The van der Waals surface area contributed by atoms with E-state index < -0.39 is 0 Å². The number of nitrogens with zero attached hydrogens (tertiary/aromatic N) is 2. The molecule has 0 saturated heterocycles. The van der Waals surface area contributed by atoms with E-state index in [-0.39, 0.29) is 11.2 Å². The van der Waals surface area contributed by atoms with Crippen molar-refractivity contribution in [1.82, 2.24) is 4.98 Å². The highest BCUT2D eigenvalue weighted by atomic mass is 16.1. The molecule has 1 heterocycles. The van der Waals surface area contributed by atoms with Crippen LogP contribution in [-0.2, 0) is 0 Å². The van der Waals surface area contributed by atoms with Crippen LogP contribution in [0.1, 0.15) is 38.2 Å². The maximum atomic E-state index is 11.1. The van der Waals surface area contributed by atoms with Crippen molar-refractivity contribution in [2.24, 2.45) is 5.41 Å². The SMILES string of the molecule is CC(=O)c1ccc(N(C)CC(C)(C)C)cn1. The van der Waals surface area contributed by atoms with Gasteiger partial charge in [0, 0.05) is 20.5 Å². The molecule has 1 aromatic heterocycles. The van der Waals surface area contributed by atoms with Crippen molar-refractivity contribution in [1.29, 1.82) is 0 Å². The molecule has 0 unspecified atom stereocenters. The van der Waals surface area contributed by atoms with E-state index in [4.69, 9.17) is 0 Å². The first-order chi connectivity index (χ1) is 7.29. The molecule has 0 aliphatic heterocycles. The van der Waals surface area contributed by atoms with Gasteiger partial charge in [-0.1, -0.05) is 20.8 Å². The molecule has 16 heavy (non-hydrogen) atoms. The van der Waals surface area contributed by atoms with Crippen LogP contribution in [0, 0.1) is 5.41 Å². The molecule has 0 aromatic carbocycles. The third kappa shape index (κ3) is 3.65. The Labute approximate surface area is 97.5 Å². The average Bonchev–Trinajstić information content (AvgIpc) is 2.15. The second kappa shape index (κ2) is 4.64. The molecule has 0 bridgehead atoms. The summed E-state index contributed by atoms with van der Waals surface area (Å²) in [5.74, 6) is 0.00465. The number of aromatic nitrogens is 1. The van der Waals surface area contributed by atoms with Crippen molar-refractivity contribution in [3.8, 4) is 0 Å². The third-order valence-electron chi connectivity index (χ3n) is 2.26. The molecule has 3 heteroatoms. The number of hydrogen-bond donors (Lipinski definition) is 0. The maximum absolute atomic E-state index is 11.1. The van der Waals surface area contributed by atoms with Crippen LogP contribution >= 0.6 is 0 Å². The second-order valence-corrected chi connectivity index (χ2v) is 5.37. The fourth-order valence-corrected chi connectivity index (χ4v) is 1.62. The number of carbonyl (C=O) groups is 1. The molecule has 3 nitrogen and oxygen atoms in total. The summed E-state index contributed by atoms with van der Waals surface area (Å²) in [6, 6.07) is 3.71. The first-order valence-electron chi connectivity index (χ1n) is 5.48. The molecule has 0 radical (unpaired) electrons. The zero-order chi connectivity index (χ0) is 12.3. The predicted octanol–water partition coefficient (Wildman–Crippen LogP) is 2.77. The van der Waals surface area contributed by atoms with Crippen molar-refractivity contribution >= 4 is 11.5 Å². The molecule has 0 aliphatic carbocycles. The van der Waals surface area contributed by atoms with E-state index in [0.29, 0.717) is 5.69 Å². The first kappa shape index (κ1) is 12.7. The van der Waals surface area contributed by atoms with Gasteiger partial charge in [-0.15, -0.1) is 0 Å². The molecule has 0 atom stereocenters. The summed E-state index contributed by atoms with van der Waals surface area (Å²) in [4.78, 5) is 17.4. The molecule has 1 rings (SSSR count). The topological polar surface area (TPSA) is 33.2 Å². The van der Waals surface area contributed by atoms with Crippen molar-refractivity contribution in [2.45, 2.75) is 27.7 Å². The lowest BCUT2D eigenvalue weighted by Gasteiger charge is -2.28. The molecule has 0 spiro atoms. The van der Waals surface area contributed by atoms with Gasteiger partial charge in [-0.25, -0.2) is 0 Å². The molecule has 0 amide bonds. The van der Waals surface area contributed by atoms with Crippen LogP contribution in [0.5, 0.6) is 0 Å². The Morgan fingerprint density at radius 2 is 2.00 bits per heavy atom. The summed E-state index contributed by atoms with van der Waals surface area (Å²) in [5.41, 5.74) is 1.81. The van der Waals surface area contributed by atoms with Crippen molar-refractivity contribution in [3.05, 3.63) is 24.0 Å². The van der Waals surface area contributed by atoms with E-state index >= 15 is 0 Å². The fourth-order valence-electron chi connectivity index (χ4n) is 1.62. The van der Waals surface area contributed by atoms with Gasteiger partial charge in [0.25, 0.3) is 0 Å². The first-order valence-corrected chi connectivity index (χ1v) is 5.48. The lowest BCUT2D eigenvalue weighted by Crippen LogP contribution is -2.29. The van der Waals surface area contributed by atoms with Crippen molar-refractivity contribution < 1.29 is 4.79 Å². The molecule has 88 valence electrons. The van der Waals surface area contributed by atoms with Gasteiger partial charge >= 0.3 is 0 Å². The lowest BCUT2D eigenvalue weighted by atomic mass is 9.96. The van der Waals surface area contributed by atoms with E-state index in [2.05, 4.69) is 30.7 Å². The number of pyridine rings is 1. The van der Waals surface area contributed by atoms with Gasteiger partial charge < -0.3 is 4.90 Å². The molecular formula is C13H20N2O. The summed E-state index contributed by atoms with van der Waals surface area (Å²) < 4.78 is 0. The van der Waals surface area contributed by atoms with Crippen LogP contribution in [0.25, 0.3) is 0 Å². The monoisotopic (exact) mass is 220 g/mol. The van der Waals surface area contributed by atoms with E-state index in [0.717, 1.165) is 12.2 Å². The van der Waals surface area contributed by atoms with Crippen LogP contribution in [-0.4, -0.2) is 24.4 Å². The number of carbonyl (C=O) groups excluding carboxylic acids is 1. The van der Waals surface area contributed by atoms with Gasteiger partial charge in [0.1, 0.15) is 5.69 Å². The summed E-state index contributed by atoms with van der Waals surface area (Å²) in [6.07, 6.45) is 1.75. The molecule has 0 fully saturated rings. The average molecular weight is 220 g/mol. The number of rotatable bonds is 3. The van der Waals surface area contributed by atoms with E-state index in [1.807, 2.05) is 13.1 Å². The van der Waals surface area contributed by atoms with Crippen LogP contribution < -0.4 is 4.90 Å². The Hall–Kier alpha value is -1.38. The Balaban J connectivity index is 2.78. The highest BCUT2D eigenvalue weighted by Gasteiger charge is 2.14. The maximum Gasteiger partial charge on any atom is 0.178 e. The summed E-state index contributed by atoms with van der Waals surface area (Å²) in [7, 11) is 2.04. The Bertz CT molecular complexity index is 363. The van der Waals surface area contributed by atoms with Crippen LogP contribution in [0.3, 0.4) is 0 Å². The largest absolute Gasteiger partial charge is 0.373 e. The number of anilines is 1. The number of Topliss-reactive ketones (excluding diaryl/α,β-unsaturated/α-hetero) is 1. The van der Waals surface area contributed by atoms with Gasteiger partial charge in [0.05, 0.1) is 11.9 Å². The van der Waals surface area contributed by atoms with Gasteiger partial charge in [0.2, 0.25) is 0 Å². The molecule has 1 aromatic rings. The smallest absolute Gasteiger partial charge is 0.178 e. The summed E-state index contributed by atoms with van der Waals surface area (Å²) >= 11 is 0. The molecule has 0 aliphatic rings. The molecule has 0 N–H and O–H groups in total. The normalized spacial score (nSPS) is 11.3. The quantitative estimate of drug-likeness (QED) is 0.734. The van der Waals surface area contributed by atoms with Crippen LogP contribution in [0.2, 0.25) is 0 Å². The number of ketones is 1. The minimum absolute atomic E-state index is 0.00465. The van der Waals surface area contributed by atoms with Crippen molar-refractivity contribution in [2.75, 3.05) is 18.5 Å². The molecular weight excluding hydrogens is 200 g/mol. The zero-order valence-electron chi connectivity index (χ0n) is 10.7. The Morgan fingerprint density at radius 1 is 1.38 bits per heavy atom. The van der Waals surface area contributed by atoms with Crippen LogP contribution in [0.15, 0.2) is 18.3 Å². The van der Waals surface area contributed by atoms with Gasteiger partial charge in [-0.05, 0) is 17.5 Å². The lowest BCUT2D eigenvalue weighted by molar-refractivity contribution is 0.101. The zero-order valence-corrected chi connectivity index (χ0v) is 10.7. The van der Waals surface area contributed by atoms with Crippen molar-refractivity contribution in [3.63, 3.8) is 0 Å². The molecule has 0 saturated carbocycles. The second-order valence-electron chi connectivity index (χ2n) is 5.37. The fraction of sp³-hybridized carbons (Fsp3) is 0.538. The standard InChI is InChI=1S/C13H20N2O/c1-10(16)12-7-6-11(8-14-12)15(5)9-13(2,3)4/h6-8H,9H2,1-5H3. The van der Waals surface area contributed by atoms with E-state index in [9.17, 15) is 4.79 Å². The highest BCUT2D eigenvalue weighted by Crippen LogP contribution is 2.19. The summed E-state index contributed by atoms with van der Waals surface area (Å²) in [6.45, 7) is 9.07. The summed E-state index contributed by atoms with van der Waals surface area (Å²) in [5, 5.41) is 0. The Morgan fingerprint density at radius 3 is 2.38 bits per heavy atom.